The van der Waals surface area contributed by atoms with Crippen molar-refractivity contribution in [3.05, 3.63) is 70.2 Å². The molecule has 5 aromatic rings. The van der Waals surface area contributed by atoms with Crippen LogP contribution in [0.3, 0.4) is 0 Å². The van der Waals surface area contributed by atoms with E-state index in [2.05, 4.69) is 32.5 Å². The topological polar surface area (TPSA) is 75.1 Å². The predicted molar refractivity (Wildman–Crippen MR) is 112 cm³/mol. The molecule has 5 rings (SSSR count). The number of fused-ring (bicyclic) bond motifs is 2. The second kappa shape index (κ2) is 6.47. The molecule has 0 spiro atoms. The van der Waals surface area contributed by atoms with Gasteiger partial charge in [0.05, 0.1) is 16.2 Å². The van der Waals surface area contributed by atoms with Crippen molar-refractivity contribution in [1.29, 1.82) is 0 Å². The Morgan fingerprint density at radius 1 is 1.21 bits per heavy atom. The highest BCUT2D eigenvalue weighted by molar-refractivity contribution is 7.15. The highest BCUT2D eigenvalue weighted by Gasteiger charge is 2.16. The van der Waals surface area contributed by atoms with Crippen molar-refractivity contribution in [3.8, 4) is 11.3 Å². The molecule has 0 aliphatic rings. The third kappa shape index (κ3) is 2.85. The van der Waals surface area contributed by atoms with Gasteiger partial charge in [0.25, 0.3) is 11.9 Å². The highest BCUT2D eigenvalue weighted by Crippen LogP contribution is 2.27. The fraction of sp³-hybridized carbons (Fsp3) is 0.0500. The summed E-state index contributed by atoms with van der Waals surface area (Å²) in [6, 6.07) is 15.5. The quantitative estimate of drug-likeness (QED) is 0.434. The smallest absolute Gasteiger partial charge is 0.274 e. The number of benzene rings is 2. The second-order valence-corrected chi connectivity index (χ2v) is 7.70. The number of aromatic amines is 1. The third-order valence-corrected chi connectivity index (χ3v) is 5.64. The number of nitrogens with zero attached hydrogens (tertiary/aromatic N) is 3. The number of thiazole rings is 1. The van der Waals surface area contributed by atoms with Gasteiger partial charge in [-0.3, -0.25) is 10.1 Å². The zero-order chi connectivity index (χ0) is 19.3. The van der Waals surface area contributed by atoms with E-state index < -0.39 is 0 Å². The maximum absolute atomic E-state index is 12.6. The molecule has 0 aliphatic carbocycles. The van der Waals surface area contributed by atoms with Crippen LogP contribution >= 0.6 is 22.9 Å². The van der Waals surface area contributed by atoms with Crippen molar-refractivity contribution < 1.29 is 4.79 Å². The summed E-state index contributed by atoms with van der Waals surface area (Å²) in [5.41, 5.74) is 4.31. The number of carbonyl (C=O) groups is 1. The van der Waals surface area contributed by atoms with Gasteiger partial charge in [0, 0.05) is 16.3 Å². The lowest BCUT2D eigenvalue weighted by molar-refractivity contribution is 0.102. The fourth-order valence-electron chi connectivity index (χ4n) is 3.07. The van der Waals surface area contributed by atoms with Crippen LogP contribution in [0, 0.1) is 6.92 Å². The van der Waals surface area contributed by atoms with E-state index in [9.17, 15) is 4.79 Å². The van der Waals surface area contributed by atoms with Crippen molar-refractivity contribution >= 4 is 50.7 Å². The summed E-state index contributed by atoms with van der Waals surface area (Å²) in [4.78, 5) is 20.8. The first-order valence-electron chi connectivity index (χ1n) is 8.58. The Hall–Kier alpha value is -3.16. The van der Waals surface area contributed by atoms with Gasteiger partial charge in [-0.15, -0.1) is 16.4 Å². The van der Waals surface area contributed by atoms with Gasteiger partial charge >= 0.3 is 0 Å². The average molecular weight is 408 g/mol. The number of hydrogen-bond acceptors (Lipinski definition) is 4. The molecule has 3 heterocycles. The average Bonchev–Trinajstić information content (AvgIpc) is 3.37. The van der Waals surface area contributed by atoms with E-state index >= 15 is 0 Å². The number of aromatic nitrogens is 4. The predicted octanol–water partition coefficient (Wildman–Crippen LogP) is 5.15. The van der Waals surface area contributed by atoms with E-state index in [0.29, 0.717) is 15.7 Å². The molecule has 0 aliphatic heterocycles. The van der Waals surface area contributed by atoms with Crippen molar-refractivity contribution in [2.75, 3.05) is 5.32 Å². The molecule has 6 nitrogen and oxygen atoms in total. The van der Waals surface area contributed by atoms with Gasteiger partial charge in [0.2, 0.25) is 4.96 Å². The number of halogens is 1. The zero-order valence-electron chi connectivity index (χ0n) is 14.7. The molecule has 0 atom stereocenters. The van der Waals surface area contributed by atoms with Crippen LogP contribution in [-0.4, -0.2) is 25.5 Å². The van der Waals surface area contributed by atoms with Gasteiger partial charge in [0.1, 0.15) is 5.69 Å². The first-order valence-corrected chi connectivity index (χ1v) is 9.84. The van der Waals surface area contributed by atoms with E-state index in [0.717, 1.165) is 22.2 Å². The van der Waals surface area contributed by atoms with E-state index in [1.54, 1.807) is 16.6 Å². The van der Waals surface area contributed by atoms with Crippen molar-refractivity contribution in [2.24, 2.45) is 0 Å². The Balaban J connectivity index is 1.45. The Kier molecular flexibility index (Phi) is 3.92. The molecule has 8 heteroatoms. The van der Waals surface area contributed by atoms with Gasteiger partial charge in [-0.25, -0.2) is 4.52 Å². The minimum Gasteiger partial charge on any atom is -0.349 e. The number of hydrogen-bond donors (Lipinski definition) is 2. The molecule has 3 aromatic heterocycles. The number of amides is 1. The first kappa shape index (κ1) is 17.0. The van der Waals surface area contributed by atoms with Crippen LogP contribution in [0.4, 0.5) is 5.95 Å². The van der Waals surface area contributed by atoms with Gasteiger partial charge in [-0.2, -0.15) is 4.98 Å². The monoisotopic (exact) mass is 407 g/mol. The van der Waals surface area contributed by atoms with Crippen molar-refractivity contribution in [1.82, 2.24) is 19.6 Å². The van der Waals surface area contributed by atoms with Crippen LogP contribution in [0.1, 0.15) is 16.1 Å². The normalized spacial score (nSPS) is 11.4. The lowest BCUT2D eigenvalue weighted by Crippen LogP contribution is -2.13. The zero-order valence-corrected chi connectivity index (χ0v) is 16.3. The van der Waals surface area contributed by atoms with Crippen LogP contribution in [0.15, 0.2) is 53.9 Å². The van der Waals surface area contributed by atoms with E-state index in [1.807, 2.05) is 36.6 Å². The number of rotatable bonds is 3. The molecule has 0 bridgehead atoms. The van der Waals surface area contributed by atoms with Crippen LogP contribution in [-0.2, 0) is 0 Å². The van der Waals surface area contributed by atoms with E-state index in [4.69, 9.17) is 11.6 Å². The first-order chi connectivity index (χ1) is 13.6. The van der Waals surface area contributed by atoms with Gasteiger partial charge in [0.15, 0.2) is 0 Å². The number of H-pyrrole nitrogens is 1. The standard InChI is InChI=1S/C20H14ClN5OS/c1-11-5-7-12(8-6-11)16-10-28-20-24-19(25-26(16)20)23-18(27)15-9-13-3-2-4-14(21)17(13)22-15/h2-10,22H,1H3,(H,23,25,27). The van der Waals surface area contributed by atoms with Gasteiger partial charge in [-0.05, 0) is 19.1 Å². The molecular weight excluding hydrogens is 394 g/mol. The lowest BCUT2D eigenvalue weighted by Gasteiger charge is -2.00. The number of carbonyl (C=O) groups excluding carboxylic acids is 1. The van der Waals surface area contributed by atoms with Crippen LogP contribution in [0.2, 0.25) is 5.02 Å². The molecule has 138 valence electrons. The number of nitrogens with one attached hydrogen (secondary N) is 2. The molecule has 2 N–H and O–H groups in total. The number of anilines is 1. The van der Waals surface area contributed by atoms with Crippen molar-refractivity contribution in [2.45, 2.75) is 6.92 Å². The Morgan fingerprint density at radius 3 is 2.82 bits per heavy atom. The Bertz CT molecular complexity index is 1330. The van der Waals surface area contributed by atoms with Crippen LogP contribution in [0.5, 0.6) is 0 Å². The maximum Gasteiger partial charge on any atom is 0.274 e. The molecule has 28 heavy (non-hydrogen) atoms. The van der Waals surface area contributed by atoms with Crippen molar-refractivity contribution in [3.63, 3.8) is 0 Å². The summed E-state index contributed by atoms with van der Waals surface area (Å²) in [5, 5.41) is 10.7. The summed E-state index contributed by atoms with van der Waals surface area (Å²) in [6.07, 6.45) is 0. The largest absolute Gasteiger partial charge is 0.349 e. The molecule has 2 aromatic carbocycles. The van der Waals surface area contributed by atoms with Crippen LogP contribution < -0.4 is 5.32 Å². The summed E-state index contributed by atoms with van der Waals surface area (Å²) in [5.74, 6) is -0.0580. The molecule has 0 saturated carbocycles. The second-order valence-electron chi connectivity index (χ2n) is 6.46. The summed E-state index contributed by atoms with van der Waals surface area (Å²) < 4.78 is 1.74. The number of aryl methyl sites for hydroxylation is 1. The Labute approximate surface area is 168 Å². The summed E-state index contributed by atoms with van der Waals surface area (Å²) >= 11 is 7.65. The molecule has 0 radical (unpaired) electrons. The molecular formula is C20H14ClN5OS. The fourth-order valence-corrected chi connectivity index (χ4v) is 4.13. The Morgan fingerprint density at radius 2 is 2.04 bits per heavy atom. The maximum atomic E-state index is 12.6. The van der Waals surface area contributed by atoms with Gasteiger partial charge in [-0.1, -0.05) is 53.6 Å². The highest BCUT2D eigenvalue weighted by atomic mass is 35.5. The van der Waals surface area contributed by atoms with Crippen LogP contribution in [0.25, 0.3) is 27.1 Å². The molecule has 0 saturated heterocycles. The summed E-state index contributed by atoms with van der Waals surface area (Å²) in [7, 11) is 0. The summed E-state index contributed by atoms with van der Waals surface area (Å²) in [6.45, 7) is 2.05. The minimum absolute atomic E-state index is 0.259. The van der Waals surface area contributed by atoms with E-state index in [1.165, 1.54) is 16.9 Å². The molecule has 0 fully saturated rings. The van der Waals surface area contributed by atoms with Gasteiger partial charge < -0.3 is 4.98 Å². The molecule has 0 unspecified atom stereocenters. The molecule has 1 amide bonds. The SMILES string of the molecule is Cc1ccc(-c2csc3nc(NC(=O)c4cc5cccc(Cl)c5[nH]4)nn23)cc1. The number of para-hydroxylation sites is 1. The van der Waals surface area contributed by atoms with E-state index in [-0.39, 0.29) is 11.9 Å². The third-order valence-electron chi connectivity index (χ3n) is 4.50. The minimum atomic E-state index is -0.317. The lowest BCUT2D eigenvalue weighted by atomic mass is 10.1.